The summed E-state index contributed by atoms with van der Waals surface area (Å²) in [5.74, 6) is -0.140. The predicted molar refractivity (Wildman–Crippen MR) is 147 cm³/mol. The van der Waals surface area contributed by atoms with E-state index in [1.807, 2.05) is 83.1 Å². The number of anilines is 2. The van der Waals surface area contributed by atoms with Crippen molar-refractivity contribution >= 4 is 62.6 Å². The fraction of sp³-hybridized carbons (Fsp3) is 0.148. The number of nitrogens with zero attached hydrogens (tertiary/aromatic N) is 2. The molecule has 1 aromatic heterocycles. The van der Waals surface area contributed by atoms with Crippen LogP contribution < -0.4 is 15.5 Å². The molecule has 8 heteroatoms. The number of rotatable bonds is 4. The molecule has 0 atom stereocenters. The Bertz CT molecular complexity index is 1360. The van der Waals surface area contributed by atoms with Gasteiger partial charge in [-0.05, 0) is 70.8 Å². The van der Waals surface area contributed by atoms with E-state index in [1.165, 1.54) is 11.3 Å². The number of amides is 2. The molecule has 0 radical (unpaired) electrons. The van der Waals surface area contributed by atoms with Crippen LogP contribution in [0.2, 0.25) is 0 Å². The maximum atomic E-state index is 12.6. The number of thiocarbonyl (C=S) groups is 1. The van der Waals surface area contributed by atoms with Gasteiger partial charge in [0, 0.05) is 43.1 Å². The Balaban J connectivity index is 1.14. The van der Waals surface area contributed by atoms with Crippen molar-refractivity contribution < 1.29 is 9.59 Å². The molecule has 1 aliphatic rings. The number of carbonyl (C=O) groups is 2. The van der Waals surface area contributed by atoms with Gasteiger partial charge < -0.3 is 15.1 Å². The number of hydrogen-bond donors (Lipinski definition) is 2. The van der Waals surface area contributed by atoms with Crippen LogP contribution >= 0.6 is 23.6 Å². The molecule has 2 amide bonds. The summed E-state index contributed by atoms with van der Waals surface area (Å²) in [6.07, 6.45) is 0. The Hall–Kier alpha value is -3.75. The van der Waals surface area contributed by atoms with Crippen molar-refractivity contribution in [1.29, 1.82) is 0 Å². The molecule has 176 valence electrons. The molecule has 0 spiro atoms. The molecular formula is C27H24N4O2S2. The van der Waals surface area contributed by atoms with E-state index in [-0.39, 0.29) is 16.9 Å². The molecule has 2 heterocycles. The lowest BCUT2D eigenvalue weighted by atomic mass is 10.1. The SMILES string of the molecule is O=C(NC(=S)Nc1ccc(N2CCN(C(=O)c3cccs3)CC2)cc1)c1ccc2ccccc2c1. The van der Waals surface area contributed by atoms with Crippen LogP contribution in [0.15, 0.2) is 84.2 Å². The number of thiophene rings is 1. The third-order valence-corrected chi connectivity index (χ3v) is 7.09. The Morgan fingerprint density at radius 2 is 1.57 bits per heavy atom. The smallest absolute Gasteiger partial charge is 0.264 e. The van der Waals surface area contributed by atoms with Gasteiger partial charge in [-0.1, -0.05) is 36.4 Å². The van der Waals surface area contributed by atoms with Crippen molar-refractivity contribution in [2.45, 2.75) is 0 Å². The Morgan fingerprint density at radius 3 is 2.29 bits per heavy atom. The average molecular weight is 501 g/mol. The van der Waals surface area contributed by atoms with Crippen molar-refractivity contribution in [3.63, 3.8) is 0 Å². The zero-order valence-electron chi connectivity index (χ0n) is 18.9. The topological polar surface area (TPSA) is 64.7 Å². The highest BCUT2D eigenvalue weighted by atomic mass is 32.1. The molecule has 6 nitrogen and oxygen atoms in total. The van der Waals surface area contributed by atoms with Gasteiger partial charge in [0.1, 0.15) is 0 Å². The van der Waals surface area contributed by atoms with E-state index < -0.39 is 0 Å². The van der Waals surface area contributed by atoms with Gasteiger partial charge in [-0.15, -0.1) is 11.3 Å². The van der Waals surface area contributed by atoms with Gasteiger partial charge in [0.2, 0.25) is 0 Å². The Kier molecular flexibility index (Phi) is 6.74. The number of benzene rings is 3. The monoisotopic (exact) mass is 500 g/mol. The van der Waals surface area contributed by atoms with Crippen LogP contribution in [0, 0.1) is 0 Å². The Morgan fingerprint density at radius 1 is 0.829 bits per heavy atom. The fourth-order valence-corrected chi connectivity index (χ4v) is 5.05. The molecule has 35 heavy (non-hydrogen) atoms. The van der Waals surface area contributed by atoms with Crippen LogP contribution in [0.5, 0.6) is 0 Å². The lowest BCUT2D eigenvalue weighted by Crippen LogP contribution is -2.48. The summed E-state index contributed by atoms with van der Waals surface area (Å²) in [6, 6.07) is 25.2. The predicted octanol–water partition coefficient (Wildman–Crippen LogP) is 4.99. The van der Waals surface area contributed by atoms with Gasteiger partial charge in [-0.2, -0.15) is 0 Å². The lowest BCUT2D eigenvalue weighted by Gasteiger charge is -2.36. The second kappa shape index (κ2) is 10.2. The maximum absolute atomic E-state index is 12.6. The van der Waals surface area contributed by atoms with Crippen molar-refractivity contribution in [2.75, 3.05) is 36.4 Å². The molecular weight excluding hydrogens is 476 g/mol. The first-order valence-electron chi connectivity index (χ1n) is 11.4. The first-order valence-corrected chi connectivity index (χ1v) is 12.6. The van der Waals surface area contributed by atoms with Crippen LogP contribution in [-0.4, -0.2) is 48.0 Å². The standard InChI is InChI=1S/C27H24N4O2S2/c32-25(21-8-7-19-4-1-2-5-20(19)18-21)29-27(34)28-22-9-11-23(12-10-22)30-13-15-31(16-14-30)26(33)24-6-3-17-35-24/h1-12,17-18H,13-16H2,(H2,28,29,32,34). The van der Waals surface area contributed by atoms with Crippen LogP contribution in [0.4, 0.5) is 11.4 Å². The molecule has 0 unspecified atom stereocenters. The summed E-state index contributed by atoms with van der Waals surface area (Å²) >= 11 is 6.83. The van der Waals surface area contributed by atoms with Crippen molar-refractivity contribution in [2.24, 2.45) is 0 Å². The van der Waals surface area contributed by atoms with Gasteiger partial charge in [-0.3, -0.25) is 14.9 Å². The van der Waals surface area contributed by atoms with E-state index in [2.05, 4.69) is 15.5 Å². The van der Waals surface area contributed by atoms with E-state index in [4.69, 9.17) is 12.2 Å². The molecule has 0 aliphatic carbocycles. The summed E-state index contributed by atoms with van der Waals surface area (Å²) in [5, 5.41) is 10.1. The number of carbonyl (C=O) groups excluding carboxylic acids is 2. The summed E-state index contributed by atoms with van der Waals surface area (Å²) in [7, 11) is 0. The van der Waals surface area contributed by atoms with Crippen LogP contribution in [0.3, 0.4) is 0 Å². The van der Waals surface area contributed by atoms with Crippen molar-refractivity contribution in [1.82, 2.24) is 10.2 Å². The number of piperazine rings is 1. The highest BCUT2D eigenvalue weighted by Crippen LogP contribution is 2.21. The highest BCUT2D eigenvalue weighted by Gasteiger charge is 2.22. The minimum Gasteiger partial charge on any atom is -0.368 e. The average Bonchev–Trinajstić information content (AvgIpc) is 3.43. The molecule has 1 saturated heterocycles. The van der Waals surface area contributed by atoms with Crippen LogP contribution in [0.25, 0.3) is 10.8 Å². The van der Waals surface area contributed by atoms with Gasteiger partial charge in [0.05, 0.1) is 4.88 Å². The molecule has 5 rings (SSSR count). The molecule has 1 fully saturated rings. The van der Waals surface area contributed by atoms with E-state index in [9.17, 15) is 9.59 Å². The summed E-state index contributed by atoms with van der Waals surface area (Å²) in [6.45, 7) is 2.96. The largest absolute Gasteiger partial charge is 0.368 e. The molecule has 0 bridgehead atoms. The maximum Gasteiger partial charge on any atom is 0.264 e. The number of fused-ring (bicyclic) bond motifs is 1. The third kappa shape index (κ3) is 5.34. The second-order valence-corrected chi connectivity index (χ2v) is 9.63. The van der Waals surface area contributed by atoms with Gasteiger partial charge >= 0.3 is 0 Å². The normalized spacial score (nSPS) is 13.5. The summed E-state index contributed by atoms with van der Waals surface area (Å²) in [4.78, 5) is 30.1. The number of nitrogens with one attached hydrogen (secondary N) is 2. The van der Waals surface area contributed by atoms with Crippen molar-refractivity contribution in [3.05, 3.63) is 94.7 Å². The van der Waals surface area contributed by atoms with E-state index in [1.54, 1.807) is 6.07 Å². The zero-order valence-corrected chi connectivity index (χ0v) is 20.6. The van der Waals surface area contributed by atoms with Gasteiger partial charge in [0.15, 0.2) is 5.11 Å². The van der Waals surface area contributed by atoms with Gasteiger partial charge in [-0.25, -0.2) is 0 Å². The van der Waals surface area contributed by atoms with Crippen LogP contribution in [0.1, 0.15) is 20.0 Å². The van der Waals surface area contributed by atoms with E-state index >= 15 is 0 Å². The lowest BCUT2D eigenvalue weighted by molar-refractivity contribution is 0.0751. The quantitative estimate of drug-likeness (QED) is 0.387. The Labute approximate surface area is 213 Å². The highest BCUT2D eigenvalue weighted by molar-refractivity contribution is 7.80. The molecule has 3 aromatic carbocycles. The molecule has 0 saturated carbocycles. The second-order valence-electron chi connectivity index (χ2n) is 8.27. The first kappa shape index (κ1) is 23.0. The zero-order chi connectivity index (χ0) is 24.2. The molecule has 2 N–H and O–H groups in total. The molecule has 4 aromatic rings. The summed E-state index contributed by atoms with van der Waals surface area (Å²) in [5.41, 5.74) is 2.44. The number of hydrogen-bond acceptors (Lipinski definition) is 5. The van der Waals surface area contributed by atoms with Crippen LogP contribution in [-0.2, 0) is 0 Å². The van der Waals surface area contributed by atoms with E-state index in [0.29, 0.717) is 18.7 Å². The minimum atomic E-state index is -0.250. The third-order valence-electron chi connectivity index (χ3n) is 6.03. The van der Waals surface area contributed by atoms with Gasteiger partial charge in [0.25, 0.3) is 11.8 Å². The first-order chi connectivity index (χ1) is 17.1. The minimum absolute atomic E-state index is 0.110. The van der Waals surface area contributed by atoms with Crippen molar-refractivity contribution in [3.8, 4) is 0 Å². The molecule has 1 aliphatic heterocycles. The fourth-order valence-electron chi connectivity index (χ4n) is 4.15. The summed E-state index contributed by atoms with van der Waals surface area (Å²) < 4.78 is 0. The van der Waals surface area contributed by atoms with E-state index in [0.717, 1.165) is 40.1 Å².